The number of anilines is 5. The molecule has 4 aromatic rings. The monoisotopic (exact) mass is 476 g/mol. The Morgan fingerprint density at radius 2 is 1.63 bits per heavy atom. The third kappa shape index (κ3) is 2.62. The molecule has 0 spiro atoms. The normalized spacial score (nSPS) is 19.9. The van der Waals surface area contributed by atoms with Gasteiger partial charge in [-0.05, 0) is 47.0 Å². The lowest BCUT2D eigenvalue weighted by Crippen LogP contribution is -2.33. The van der Waals surface area contributed by atoms with E-state index < -0.39 is 6.10 Å². The highest BCUT2D eigenvalue weighted by atomic mass is 32.1. The highest BCUT2D eigenvalue weighted by molar-refractivity contribution is 7.17. The Kier molecular flexibility index (Phi) is 4.10. The molecule has 0 fully saturated rings. The lowest BCUT2D eigenvalue weighted by atomic mass is 9.74. The predicted molar refractivity (Wildman–Crippen MR) is 143 cm³/mol. The quantitative estimate of drug-likeness (QED) is 0.294. The highest BCUT2D eigenvalue weighted by Gasteiger charge is 2.43. The van der Waals surface area contributed by atoms with Gasteiger partial charge in [0.05, 0.1) is 22.7 Å². The maximum absolute atomic E-state index is 13.1. The number of aliphatic hydroxyl groups excluding tert-OH is 1. The molecular weight excluding hydrogens is 452 g/mol. The molecule has 0 bridgehead atoms. The van der Waals surface area contributed by atoms with Gasteiger partial charge in [-0.3, -0.25) is 9.69 Å². The molecule has 1 N–H and O–H groups in total. The van der Waals surface area contributed by atoms with Crippen molar-refractivity contribution in [1.29, 1.82) is 0 Å². The average molecular weight is 477 g/mol. The molecule has 1 unspecified atom stereocenters. The third-order valence-corrected chi connectivity index (χ3v) is 8.79. The fourth-order valence-electron chi connectivity index (χ4n) is 5.86. The number of Topliss-reactive ketones (excluding diaryl/α,β-unsaturated/α-hetero) is 1. The number of nitrogens with zero attached hydrogens (tertiary/aromatic N) is 2. The molecule has 2 aliphatic heterocycles. The average Bonchev–Trinajstić information content (AvgIpc) is 3.40. The number of rotatable bonds is 1. The molecule has 3 aromatic carbocycles. The second kappa shape index (κ2) is 6.94. The molecule has 35 heavy (non-hydrogen) atoms. The van der Waals surface area contributed by atoms with Crippen molar-refractivity contribution in [2.75, 3.05) is 16.8 Å². The first kappa shape index (κ1) is 20.7. The summed E-state index contributed by atoms with van der Waals surface area (Å²) in [7, 11) is 2.13. The Hall–Kier alpha value is -3.67. The van der Waals surface area contributed by atoms with Crippen molar-refractivity contribution in [2.45, 2.75) is 25.4 Å². The minimum Gasteiger partial charge on any atom is -0.383 e. The molecule has 0 radical (unpaired) electrons. The maximum atomic E-state index is 13.1. The molecule has 172 valence electrons. The van der Waals surface area contributed by atoms with Crippen LogP contribution in [0, 0.1) is 0 Å². The topological polar surface area (TPSA) is 43.8 Å². The minimum absolute atomic E-state index is 0.0887. The second-order valence-electron chi connectivity index (χ2n) is 9.97. The Balaban J connectivity index is 1.44. The van der Waals surface area contributed by atoms with Gasteiger partial charge in [-0.25, -0.2) is 0 Å². The van der Waals surface area contributed by atoms with Crippen LogP contribution in [0.15, 0.2) is 78.4 Å². The smallest absolute Gasteiger partial charge is 0.192 e. The van der Waals surface area contributed by atoms with Crippen molar-refractivity contribution in [3.63, 3.8) is 0 Å². The molecule has 0 saturated heterocycles. The van der Waals surface area contributed by atoms with Crippen LogP contribution in [0.5, 0.6) is 0 Å². The number of ketones is 1. The van der Waals surface area contributed by atoms with Crippen molar-refractivity contribution in [1.82, 2.24) is 0 Å². The standard InChI is InChI=1S/C30H24N2O2S/c1-30(2)21-11-8-14-25-26(21)32(24-13-7-6-12-23(24)31(25)3)29-22(30)16-17(35-29)15-20-27(33)18-9-4-5-10-19(18)28(20)34/h4-16,27,33H,1-3H3/b20-15+. The van der Waals surface area contributed by atoms with E-state index in [2.05, 4.69) is 79.2 Å². The summed E-state index contributed by atoms with van der Waals surface area (Å²) in [6.07, 6.45) is 0.999. The van der Waals surface area contributed by atoms with Gasteiger partial charge in [-0.15, -0.1) is 11.3 Å². The van der Waals surface area contributed by atoms with E-state index in [9.17, 15) is 9.90 Å². The highest BCUT2D eigenvalue weighted by Crippen LogP contribution is 2.61. The van der Waals surface area contributed by atoms with Crippen molar-refractivity contribution in [2.24, 2.45) is 0 Å². The number of carbonyl (C=O) groups excluding carboxylic acids is 1. The predicted octanol–water partition coefficient (Wildman–Crippen LogP) is 7.25. The van der Waals surface area contributed by atoms with Gasteiger partial charge in [-0.1, -0.05) is 62.4 Å². The molecule has 3 heterocycles. The van der Waals surface area contributed by atoms with Gasteiger partial charge in [0.15, 0.2) is 5.78 Å². The Labute approximate surface area is 208 Å². The number of thiophene rings is 1. The summed E-state index contributed by atoms with van der Waals surface area (Å²) in [6.45, 7) is 4.54. The Bertz CT molecular complexity index is 1600. The fraction of sp³-hybridized carbons (Fsp3) is 0.167. The van der Waals surface area contributed by atoms with Gasteiger partial charge >= 0.3 is 0 Å². The minimum atomic E-state index is -0.890. The van der Waals surface area contributed by atoms with E-state index in [-0.39, 0.29) is 11.2 Å². The third-order valence-electron chi connectivity index (χ3n) is 7.72. The summed E-state index contributed by atoms with van der Waals surface area (Å²) >= 11 is 1.68. The van der Waals surface area contributed by atoms with E-state index >= 15 is 0 Å². The maximum Gasteiger partial charge on any atom is 0.192 e. The van der Waals surface area contributed by atoms with Crippen LogP contribution in [0.2, 0.25) is 0 Å². The van der Waals surface area contributed by atoms with E-state index in [1.165, 1.54) is 27.5 Å². The SMILES string of the molecule is CN1c2ccccc2N2c3sc(/C=C4/C(=O)c5ccccc5C4O)cc3C(C)(C)c3cccc1c32. The van der Waals surface area contributed by atoms with Gasteiger partial charge in [0.2, 0.25) is 0 Å². The number of hydrogen-bond acceptors (Lipinski definition) is 5. The van der Waals surface area contributed by atoms with E-state index in [0.717, 1.165) is 16.3 Å². The molecule has 7 rings (SSSR count). The van der Waals surface area contributed by atoms with Crippen LogP contribution in [-0.4, -0.2) is 17.9 Å². The fourth-order valence-corrected chi connectivity index (χ4v) is 7.15. The van der Waals surface area contributed by atoms with E-state index in [1.807, 2.05) is 24.3 Å². The number of benzene rings is 3. The van der Waals surface area contributed by atoms with Crippen LogP contribution < -0.4 is 9.80 Å². The number of para-hydroxylation sites is 3. The molecule has 0 amide bonds. The Morgan fingerprint density at radius 3 is 2.43 bits per heavy atom. The molecule has 1 atom stereocenters. The summed E-state index contributed by atoms with van der Waals surface area (Å²) in [5.41, 5.74) is 8.75. The van der Waals surface area contributed by atoms with E-state index in [1.54, 1.807) is 17.4 Å². The summed E-state index contributed by atoms with van der Waals surface area (Å²) in [5, 5.41) is 12.1. The molecule has 1 aromatic heterocycles. The van der Waals surface area contributed by atoms with Gasteiger partial charge in [0, 0.05) is 28.5 Å². The van der Waals surface area contributed by atoms with Crippen molar-refractivity contribution in [3.8, 4) is 0 Å². The molecule has 0 saturated carbocycles. The Morgan fingerprint density at radius 1 is 0.914 bits per heavy atom. The molecule has 4 nitrogen and oxygen atoms in total. The zero-order chi connectivity index (χ0) is 24.1. The number of aliphatic hydroxyl groups is 1. The zero-order valence-electron chi connectivity index (χ0n) is 19.7. The zero-order valence-corrected chi connectivity index (χ0v) is 20.6. The van der Waals surface area contributed by atoms with Crippen LogP contribution in [0.4, 0.5) is 27.8 Å². The van der Waals surface area contributed by atoms with Crippen molar-refractivity contribution in [3.05, 3.63) is 106 Å². The largest absolute Gasteiger partial charge is 0.383 e. The molecule has 1 aliphatic carbocycles. The number of hydrogen-bond donors (Lipinski definition) is 1. The summed E-state index contributed by atoms with van der Waals surface area (Å²) in [4.78, 5) is 18.7. The first-order valence-electron chi connectivity index (χ1n) is 11.8. The number of fused-ring (bicyclic) bond motifs is 5. The number of carbonyl (C=O) groups is 1. The van der Waals surface area contributed by atoms with Crippen LogP contribution >= 0.6 is 11.3 Å². The van der Waals surface area contributed by atoms with Crippen LogP contribution in [0.1, 0.15) is 51.9 Å². The van der Waals surface area contributed by atoms with Crippen LogP contribution in [0.25, 0.3) is 6.08 Å². The lowest BCUT2D eigenvalue weighted by Gasteiger charge is -2.46. The van der Waals surface area contributed by atoms with Gasteiger partial charge in [0.25, 0.3) is 0 Å². The van der Waals surface area contributed by atoms with E-state index in [4.69, 9.17) is 0 Å². The summed E-state index contributed by atoms with van der Waals surface area (Å²) in [6, 6.07) is 24.6. The van der Waals surface area contributed by atoms with Crippen LogP contribution in [-0.2, 0) is 5.41 Å². The van der Waals surface area contributed by atoms with Crippen molar-refractivity contribution >= 4 is 50.9 Å². The molecule has 3 aliphatic rings. The van der Waals surface area contributed by atoms with Crippen LogP contribution in [0.3, 0.4) is 0 Å². The summed E-state index contributed by atoms with van der Waals surface area (Å²) < 4.78 is 0. The first-order valence-corrected chi connectivity index (χ1v) is 12.6. The van der Waals surface area contributed by atoms with Crippen molar-refractivity contribution < 1.29 is 9.90 Å². The molecule has 5 heteroatoms. The second-order valence-corrected chi connectivity index (χ2v) is 11.0. The summed E-state index contributed by atoms with van der Waals surface area (Å²) in [5.74, 6) is -0.0887. The lowest BCUT2D eigenvalue weighted by molar-refractivity contribution is 0.102. The van der Waals surface area contributed by atoms with Gasteiger partial charge in [-0.2, -0.15) is 0 Å². The first-order chi connectivity index (χ1) is 16.9. The molecular formula is C30H24N2O2S. The van der Waals surface area contributed by atoms with E-state index in [0.29, 0.717) is 16.7 Å². The van der Waals surface area contributed by atoms with Gasteiger partial charge < -0.3 is 10.0 Å². The van der Waals surface area contributed by atoms with Gasteiger partial charge in [0.1, 0.15) is 11.1 Å².